The van der Waals surface area contributed by atoms with E-state index in [2.05, 4.69) is 88.9 Å². The summed E-state index contributed by atoms with van der Waals surface area (Å²) in [6.07, 6.45) is 3.66. The van der Waals surface area contributed by atoms with E-state index in [-0.39, 0.29) is 0 Å². The third-order valence-corrected chi connectivity index (χ3v) is 5.91. The van der Waals surface area contributed by atoms with Gasteiger partial charge in [0.1, 0.15) is 5.82 Å². The van der Waals surface area contributed by atoms with Crippen molar-refractivity contribution in [2.24, 2.45) is 0 Å². The number of anilines is 3. The lowest BCUT2D eigenvalue weighted by Crippen LogP contribution is -2.13. The summed E-state index contributed by atoms with van der Waals surface area (Å²) in [5.41, 5.74) is 4.47. The van der Waals surface area contributed by atoms with Crippen LogP contribution in [-0.4, -0.2) is 14.8 Å². The Kier molecular flexibility index (Phi) is 5.09. The second kappa shape index (κ2) is 8.68. The van der Waals surface area contributed by atoms with Crippen LogP contribution in [0.15, 0.2) is 134 Å². The number of nitrogens with zero attached hydrogens (tertiary/aromatic N) is 4. The van der Waals surface area contributed by atoms with Gasteiger partial charge in [0.05, 0.1) is 0 Å². The van der Waals surface area contributed by atoms with E-state index < -0.39 is 0 Å². The second-order valence-corrected chi connectivity index (χ2v) is 8.05. The summed E-state index contributed by atoms with van der Waals surface area (Å²) < 4.78 is 1.78. The minimum Gasteiger partial charge on any atom is -0.295 e. The van der Waals surface area contributed by atoms with Gasteiger partial charge in [0.2, 0.25) is 0 Å². The first-order chi connectivity index (χ1) is 16.9. The molecule has 162 valence electrons. The fourth-order valence-electron chi connectivity index (χ4n) is 4.35. The van der Waals surface area contributed by atoms with Crippen LogP contribution in [0.2, 0.25) is 0 Å². The van der Waals surface area contributed by atoms with Crippen LogP contribution in [0.1, 0.15) is 0 Å². The van der Waals surface area contributed by atoms with Gasteiger partial charge in [-0.3, -0.25) is 4.90 Å². The molecule has 2 aromatic heterocycles. The molecule has 0 fully saturated rings. The molecule has 0 unspecified atom stereocenters. The summed E-state index contributed by atoms with van der Waals surface area (Å²) in [6.45, 7) is 0. The maximum absolute atomic E-state index is 4.95. The zero-order chi connectivity index (χ0) is 22.7. The molecule has 0 bridgehead atoms. The van der Waals surface area contributed by atoms with Gasteiger partial charge in [-0.25, -0.2) is 9.67 Å². The van der Waals surface area contributed by atoms with Crippen LogP contribution in [0.5, 0.6) is 0 Å². The van der Waals surface area contributed by atoms with Gasteiger partial charge < -0.3 is 0 Å². The molecule has 0 aliphatic carbocycles. The maximum Gasteiger partial charge on any atom is 0.155 e. The van der Waals surface area contributed by atoms with Crippen LogP contribution in [0.25, 0.3) is 27.7 Å². The van der Waals surface area contributed by atoms with E-state index in [1.165, 1.54) is 21.9 Å². The van der Waals surface area contributed by atoms with Crippen molar-refractivity contribution in [3.8, 4) is 16.9 Å². The van der Waals surface area contributed by atoms with Gasteiger partial charge in [-0.1, -0.05) is 78.9 Å². The Morgan fingerprint density at radius 1 is 0.618 bits per heavy atom. The van der Waals surface area contributed by atoms with Crippen LogP contribution in [0, 0.1) is 0 Å². The molecule has 0 saturated heterocycles. The highest BCUT2D eigenvalue weighted by molar-refractivity contribution is 5.97. The minimum atomic E-state index is 0.772. The van der Waals surface area contributed by atoms with Crippen molar-refractivity contribution in [2.45, 2.75) is 0 Å². The van der Waals surface area contributed by atoms with Gasteiger partial charge in [-0.15, -0.1) is 0 Å². The molecule has 4 nitrogen and oxygen atoms in total. The second-order valence-electron chi connectivity index (χ2n) is 8.05. The smallest absolute Gasteiger partial charge is 0.155 e. The Hall–Kier alpha value is -4.70. The molecule has 4 heteroatoms. The number of hydrogen-bond donors (Lipinski definition) is 0. The SMILES string of the molecule is c1ccc(N(c2cccc(-c3cccc4ccccc34)c2)c2cccc(-n3cccn3)n2)cc1. The van der Waals surface area contributed by atoms with Crippen LogP contribution in [0.4, 0.5) is 17.2 Å². The Morgan fingerprint density at radius 2 is 1.38 bits per heavy atom. The van der Waals surface area contributed by atoms with E-state index in [1.807, 2.05) is 48.7 Å². The van der Waals surface area contributed by atoms with Gasteiger partial charge in [0.15, 0.2) is 5.82 Å². The van der Waals surface area contributed by atoms with Crippen molar-refractivity contribution in [3.05, 3.63) is 134 Å². The van der Waals surface area contributed by atoms with Crippen molar-refractivity contribution < 1.29 is 0 Å². The predicted octanol–water partition coefficient (Wildman–Crippen LogP) is 7.56. The monoisotopic (exact) mass is 438 g/mol. The predicted molar refractivity (Wildman–Crippen MR) is 139 cm³/mol. The highest BCUT2D eigenvalue weighted by Gasteiger charge is 2.16. The molecule has 0 N–H and O–H groups in total. The van der Waals surface area contributed by atoms with E-state index in [4.69, 9.17) is 4.98 Å². The third kappa shape index (κ3) is 3.71. The van der Waals surface area contributed by atoms with E-state index in [0.29, 0.717) is 0 Å². The average Bonchev–Trinajstić information content (AvgIpc) is 3.45. The highest BCUT2D eigenvalue weighted by atomic mass is 15.3. The molecule has 0 saturated carbocycles. The van der Waals surface area contributed by atoms with Crippen molar-refractivity contribution in [1.29, 1.82) is 0 Å². The molecule has 4 aromatic carbocycles. The first-order valence-corrected chi connectivity index (χ1v) is 11.3. The molecule has 0 aliphatic heterocycles. The normalized spacial score (nSPS) is 10.9. The van der Waals surface area contributed by atoms with Crippen LogP contribution in [0.3, 0.4) is 0 Å². The lowest BCUT2D eigenvalue weighted by molar-refractivity contribution is 0.846. The van der Waals surface area contributed by atoms with Gasteiger partial charge >= 0.3 is 0 Å². The van der Waals surface area contributed by atoms with E-state index >= 15 is 0 Å². The van der Waals surface area contributed by atoms with Crippen LogP contribution >= 0.6 is 0 Å². The minimum absolute atomic E-state index is 0.772. The number of rotatable bonds is 5. The van der Waals surface area contributed by atoms with Crippen molar-refractivity contribution in [1.82, 2.24) is 14.8 Å². The lowest BCUT2D eigenvalue weighted by atomic mass is 9.98. The van der Waals surface area contributed by atoms with Gasteiger partial charge in [0, 0.05) is 23.8 Å². The summed E-state index contributed by atoms with van der Waals surface area (Å²) in [5, 5.41) is 6.83. The Bertz CT molecular complexity index is 1550. The third-order valence-electron chi connectivity index (χ3n) is 5.91. The molecule has 2 heterocycles. The van der Waals surface area contributed by atoms with Crippen molar-refractivity contribution in [3.63, 3.8) is 0 Å². The first-order valence-electron chi connectivity index (χ1n) is 11.3. The fraction of sp³-hybridized carbons (Fsp3) is 0. The van der Waals surface area contributed by atoms with Gasteiger partial charge in [-0.05, 0) is 64.4 Å². The Morgan fingerprint density at radius 3 is 2.26 bits per heavy atom. The fourth-order valence-corrected chi connectivity index (χ4v) is 4.35. The summed E-state index contributed by atoms with van der Waals surface area (Å²) in [6, 6.07) is 41.9. The summed E-state index contributed by atoms with van der Waals surface area (Å²) in [7, 11) is 0. The standard InChI is InChI=1S/C30H22N4/c1-2-13-25(14-3-1)34(30-19-8-18-29(32-30)33-21-9-20-31-33)26-15-6-12-24(22-26)28-17-7-11-23-10-4-5-16-27(23)28/h1-22H. The lowest BCUT2D eigenvalue weighted by Gasteiger charge is -2.25. The molecular formula is C30H22N4. The van der Waals surface area contributed by atoms with Gasteiger partial charge in [0.25, 0.3) is 0 Å². The number of para-hydroxylation sites is 1. The largest absolute Gasteiger partial charge is 0.295 e. The van der Waals surface area contributed by atoms with E-state index in [1.54, 1.807) is 10.9 Å². The quantitative estimate of drug-likeness (QED) is 0.278. The maximum atomic E-state index is 4.95. The van der Waals surface area contributed by atoms with E-state index in [9.17, 15) is 0 Å². The number of hydrogen-bond acceptors (Lipinski definition) is 3. The van der Waals surface area contributed by atoms with Crippen LogP contribution < -0.4 is 4.90 Å². The molecular weight excluding hydrogens is 416 g/mol. The molecule has 34 heavy (non-hydrogen) atoms. The average molecular weight is 439 g/mol. The number of benzene rings is 4. The molecule has 6 rings (SSSR count). The topological polar surface area (TPSA) is 34.0 Å². The number of pyridine rings is 1. The molecule has 0 amide bonds. The Balaban J connectivity index is 1.51. The molecule has 0 aliphatic rings. The zero-order valence-electron chi connectivity index (χ0n) is 18.5. The van der Waals surface area contributed by atoms with Crippen molar-refractivity contribution >= 4 is 28.0 Å². The Labute approximate surface area is 198 Å². The van der Waals surface area contributed by atoms with Crippen molar-refractivity contribution in [2.75, 3.05) is 4.90 Å². The summed E-state index contributed by atoms with van der Waals surface area (Å²) >= 11 is 0. The summed E-state index contributed by atoms with van der Waals surface area (Å²) in [5.74, 6) is 1.60. The molecule has 0 atom stereocenters. The number of fused-ring (bicyclic) bond motifs is 1. The summed E-state index contributed by atoms with van der Waals surface area (Å²) in [4.78, 5) is 7.13. The highest BCUT2D eigenvalue weighted by Crippen LogP contribution is 2.37. The number of aromatic nitrogens is 3. The molecule has 6 aromatic rings. The first kappa shape index (κ1) is 19.9. The van der Waals surface area contributed by atoms with Crippen LogP contribution in [-0.2, 0) is 0 Å². The molecule has 0 radical (unpaired) electrons. The van der Waals surface area contributed by atoms with E-state index in [0.717, 1.165) is 23.0 Å². The molecule has 0 spiro atoms. The van der Waals surface area contributed by atoms with Gasteiger partial charge in [-0.2, -0.15) is 5.10 Å². The zero-order valence-corrected chi connectivity index (χ0v) is 18.5.